The first-order valence-corrected chi connectivity index (χ1v) is 0. The first-order chi connectivity index (χ1) is 0. The van der Waals surface area contributed by atoms with Gasteiger partial charge in [0.05, 0.1) is 0 Å². The average molecular weight is 281 g/mol. The summed E-state index contributed by atoms with van der Waals surface area (Å²) in [5.41, 5.74) is 0. The summed E-state index contributed by atoms with van der Waals surface area (Å²) in [7, 11) is 0. The smallest absolute Gasteiger partial charge is 0 e. The van der Waals surface area contributed by atoms with Gasteiger partial charge in [-0.3, -0.25) is 0 Å². The molecule has 5 heteroatoms. The van der Waals surface area contributed by atoms with Crippen molar-refractivity contribution < 1.29 is 21.9 Å². The third-order valence-corrected chi connectivity index (χ3v) is 0. The van der Waals surface area contributed by atoms with Crippen LogP contribution in [0.4, 0.5) is 0 Å². The summed E-state index contributed by atoms with van der Waals surface area (Å²) in [6.07, 6.45) is 0. The zero-order valence-electron chi connectivity index (χ0n) is 2.45. The molecule has 0 spiro atoms. The summed E-state index contributed by atoms with van der Waals surface area (Å²) in [4.78, 5) is 0. The van der Waals surface area contributed by atoms with Crippen molar-refractivity contribution in [2.45, 2.75) is 0 Å². The Morgan fingerprint density at radius 2 is 0.400 bits per heavy atom. The number of hydrogen-bond donors (Lipinski definition) is 0. The summed E-state index contributed by atoms with van der Waals surface area (Å²) < 4.78 is 0. The minimum absolute atomic E-state index is 0. The van der Waals surface area contributed by atoms with E-state index in [1.165, 1.54) is 0 Å². The predicted octanol–water partition coefficient (Wildman–Crippen LogP) is -3.68. The van der Waals surface area contributed by atoms with Crippen LogP contribution in [0.1, 0.15) is 0 Å². The van der Waals surface area contributed by atoms with Gasteiger partial charge in [0.25, 0.3) is 0 Å². The van der Waals surface area contributed by atoms with E-state index in [9.17, 15) is 0 Å². The maximum absolute atomic E-state index is 0. The molecule has 0 aliphatic heterocycles. The standard InChI is InChI=1S/Bi.4H2O/h;4*1H2. The topological polar surface area (TPSA) is 126 Å². The summed E-state index contributed by atoms with van der Waals surface area (Å²) >= 11 is 0. The molecule has 0 aromatic heterocycles. The summed E-state index contributed by atoms with van der Waals surface area (Å²) in [6.45, 7) is 0. The molecule has 0 atom stereocenters. The molecule has 0 fully saturated rings. The fraction of sp³-hybridized carbons (Fsp3) is 0. The van der Waals surface area contributed by atoms with E-state index in [1.54, 1.807) is 0 Å². The minimum Gasteiger partial charge on any atom is -0.412 e. The Morgan fingerprint density at radius 1 is 0.400 bits per heavy atom. The van der Waals surface area contributed by atoms with Crippen molar-refractivity contribution in [2.24, 2.45) is 0 Å². The van der Waals surface area contributed by atoms with E-state index >= 15 is 0 Å². The molecule has 4 nitrogen and oxygen atoms in total. The molecule has 3 radical (unpaired) electrons. The van der Waals surface area contributed by atoms with Gasteiger partial charge in [0.1, 0.15) is 0 Å². The Morgan fingerprint density at radius 3 is 0.400 bits per heavy atom. The van der Waals surface area contributed by atoms with Gasteiger partial charge in [0.15, 0.2) is 0 Å². The fourth-order valence-electron chi connectivity index (χ4n) is 0. The van der Waals surface area contributed by atoms with Crippen molar-refractivity contribution >= 4 is 26.2 Å². The van der Waals surface area contributed by atoms with E-state index in [0.29, 0.717) is 0 Å². The average Bonchev–Trinajstić information content (AvgIpc) is 0. The second-order valence-electron chi connectivity index (χ2n) is 0. The maximum atomic E-state index is 0. The normalized spacial score (nSPS) is 0. The quantitative estimate of drug-likeness (QED) is 0.405. The molecular formula is H8BiO4. The SMILES string of the molecule is O.O.O.O.[Bi]. The van der Waals surface area contributed by atoms with Crippen molar-refractivity contribution in [3.8, 4) is 0 Å². The van der Waals surface area contributed by atoms with Crippen LogP contribution in [-0.2, 0) is 0 Å². The van der Waals surface area contributed by atoms with Crippen LogP contribution in [0, 0.1) is 0 Å². The summed E-state index contributed by atoms with van der Waals surface area (Å²) in [5.74, 6) is 0. The van der Waals surface area contributed by atoms with Crippen molar-refractivity contribution in [2.75, 3.05) is 0 Å². The monoisotopic (exact) mass is 281 g/mol. The first kappa shape index (κ1) is 244. The first-order valence-electron chi connectivity index (χ1n) is 0. The van der Waals surface area contributed by atoms with Crippen LogP contribution in [0.5, 0.6) is 0 Å². The largest absolute Gasteiger partial charge is 0.412 e. The molecule has 8 N–H and O–H groups in total. The van der Waals surface area contributed by atoms with Gasteiger partial charge in [-0.05, 0) is 0 Å². The Kier molecular flexibility index (Phi) is 6110. The second-order valence-corrected chi connectivity index (χ2v) is 0. The maximum Gasteiger partial charge on any atom is 0 e. The van der Waals surface area contributed by atoms with Gasteiger partial charge in [0.2, 0.25) is 0 Å². The number of hydrogen-bond acceptors (Lipinski definition) is 0. The van der Waals surface area contributed by atoms with Gasteiger partial charge in [-0.2, -0.15) is 0 Å². The molecule has 0 aromatic carbocycles. The van der Waals surface area contributed by atoms with Crippen LogP contribution in [0.15, 0.2) is 0 Å². The van der Waals surface area contributed by atoms with E-state index < -0.39 is 0 Å². The predicted molar refractivity (Wildman–Crippen MR) is 20.2 cm³/mol. The van der Waals surface area contributed by atoms with Gasteiger partial charge in [0, 0.05) is 26.2 Å². The van der Waals surface area contributed by atoms with Gasteiger partial charge in [-0.15, -0.1) is 0 Å². The molecule has 0 unspecified atom stereocenters. The van der Waals surface area contributed by atoms with Crippen molar-refractivity contribution in [1.29, 1.82) is 0 Å². The zero-order valence-corrected chi connectivity index (χ0v) is 5.92. The van der Waals surface area contributed by atoms with Crippen LogP contribution in [0.25, 0.3) is 0 Å². The van der Waals surface area contributed by atoms with Gasteiger partial charge < -0.3 is 21.9 Å². The summed E-state index contributed by atoms with van der Waals surface area (Å²) in [6, 6.07) is 0. The molecule has 0 aromatic rings. The van der Waals surface area contributed by atoms with Crippen LogP contribution in [0.3, 0.4) is 0 Å². The third-order valence-electron chi connectivity index (χ3n) is 0. The Labute approximate surface area is 48.5 Å². The second kappa shape index (κ2) is 125. The molecule has 0 aliphatic rings. The summed E-state index contributed by atoms with van der Waals surface area (Å²) in [5, 5.41) is 0. The number of rotatable bonds is 0. The van der Waals surface area contributed by atoms with Crippen molar-refractivity contribution in [3.05, 3.63) is 0 Å². The van der Waals surface area contributed by atoms with Crippen LogP contribution >= 0.6 is 0 Å². The molecular weight excluding hydrogens is 273 g/mol. The third kappa shape index (κ3) is 67.0. The van der Waals surface area contributed by atoms with E-state index in [-0.39, 0.29) is 48.1 Å². The van der Waals surface area contributed by atoms with Crippen molar-refractivity contribution in [3.63, 3.8) is 0 Å². The molecule has 0 saturated heterocycles. The molecule has 0 amide bonds. The zero-order chi connectivity index (χ0) is 0. The minimum atomic E-state index is 0. The van der Waals surface area contributed by atoms with Crippen LogP contribution < -0.4 is 0 Å². The Hall–Kier alpha value is 0.723. The van der Waals surface area contributed by atoms with Crippen LogP contribution in [0.2, 0.25) is 0 Å². The fourth-order valence-corrected chi connectivity index (χ4v) is 0. The van der Waals surface area contributed by atoms with E-state index in [4.69, 9.17) is 0 Å². The molecule has 0 rings (SSSR count). The molecule has 5 heavy (non-hydrogen) atoms. The molecule has 0 aliphatic carbocycles. The van der Waals surface area contributed by atoms with Gasteiger partial charge >= 0.3 is 0 Å². The molecule has 37 valence electrons. The molecule has 0 bridgehead atoms. The Bertz CT molecular complexity index is 3.61. The van der Waals surface area contributed by atoms with E-state index in [0.717, 1.165) is 0 Å². The van der Waals surface area contributed by atoms with E-state index in [2.05, 4.69) is 0 Å². The Balaban J connectivity index is 0. The van der Waals surface area contributed by atoms with Gasteiger partial charge in [-0.1, -0.05) is 0 Å². The van der Waals surface area contributed by atoms with E-state index in [1.807, 2.05) is 0 Å². The van der Waals surface area contributed by atoms with Gasteiger partial charge in [-0.25, -0.2) is 0 Å². The van der Waals surface area contributed by atoms with Crippen molar-refractivity contribution in [1.82, 2.24) is 0 Å². The van der Waals surface area contributed by atoms with Crippen LogP contribution in [-0.4, -0.2) is 48.1 Å². The molecule has 0 heterocycles. The molecule has 0 saturated carbocycles.